The van der Waals surface area contributed by atoms with Crippen molar-refractivity contribution in [3.05, 3.63) is 50.6 Å². The second kappa shape index (κ2) is 5.95. The number of hydrogen-bond donors (Lipinski definition) is 2. The summed E-state index contributed by atoms with van der Waals surface area (Å²) in [5.74, 6) is 0.861. The van der Waals surface area contributed by atoms with Crippen LogP contribution in [0.4, 0.5) is 11.9 Å². The minimum atomic E-state index is -0.0591. The van der Waals surface area contributed by atoms with E-state index in [9.17, 15) is 4.79 Å². The Labute approximate surface area is 145 Å². The zero-order chi connectivity index (χ0) is 17.6. The van der Waals surface area contributed by atoms with Gasteiger partial charge in [-0.15, -0.1) is 0 Å². The summed E-state index contributed by atoms with van der Waals surface area (Å²) in [7, 11) is 0. The van der Waals surface area contributed by atoms with Gasteiger partial charge in [0, 0.05) is 10.9 Å². The van der Waals surface area contributed by atoms with E-state index in [4.69, 9.17) is 0 Å². The third-order valence-corrected chi connectivity index (χ3v) is 4.92. The smallest absolute Gasteiger partial charge is 0.255 e. The molecule has 0 radical (unpaired) electrons. The van der Waals surface area contributed by atoms with Crippen LogP contribution in [0, 0.1) is 20.8 Å². The largest absolute Gasteiger partial charge is 0.294 e. The first-order valence-electron chi connectivity index (χ1n) is 8.66. The summed E-state index contributed by atoms with van der Waals surface area (Å²) < 4.78 is 0. The van der Waals surface area contributed by atoms with Gasteiger partial charge in [-0.2, -0.15) is 0 Å². The quantitative estimate of drug-likeness (QED) is 0.751. The molecule has 2 heterocycles. The van der Waals surface area contributed by atoms with E-state index in [-0.39, 0.29) is 5.56 Å². The summed E-state index contributed by atoms with van der Waals surface area (Å²) in [6.45, 7) is 6.12. The molecule has 0 atom stereocenters. The van der Waals surface area contributed by atoms with Crippen LogP contribution >= 0.6 is 0 Å². The number of aryl methyl sites for hydroxylation is 4. The number of anilines is 2. The predicted molar refractivity (Wildman–Crippen MR) is 98.5 cm³/mol. The Morgan fingerprint density at radius 1 is 1.00 bits per heavy atom. The standard InChI is InChI=1S/C19H21N5O/c1-10-8-14-12(3)20-18(22-16(14)9-11(10)2)24-19-21-15-7-5-4-6-13(15)17(25)23-19/h8-9H,4-7H2,1-3H3,(H2,20,21,22,23,24,25). The topological polar surface area (TPSA) is 83.6 Å². The van der Waals surface area contributed by atoms with Crippen LogP contribution in [0.1, 0.15) is 40.9 Å². The van der Waals surface area contributed by atoms with Crippen molar-refractivity contribution in [2.24, 2.45) is 0 Å². The predicted octanol–water partition coefficient (Wildman–Crippen LogP) is 3.26. The van der Waals surface area contributed by atoms with Crippen LogP contribution in [0.15, 0.2) is 16.9 Å². The first-order valence-corrected chi connectivity index (χ1v) is 8.66. The number of aromatic amines is 1. The lowest BCUT2D eigenvalue weighted by Crippen LogP contribution is -2.22. The SMILES string of the molecule is Cc1cc2nc(Nc3nc4c(c(=O)[nH]3)CCCC4)nc(C)c2cc1C. The fraction of sp³-hybridized carbons (Fsp3) is 0.368. The number of nitrogens with one attached hydrogen (secondary N) is 2. The highest BCUT2D eigenvalue weighted by Gasteiger charge is 2.16. The highest BCUT2D eigenvalue weighted by atomic mass is 16.1. The Kier molecular flexibility index (Phi) is 3.75. The van der Waals surface area contributed by atoms with Crippen molar-refractivity contribution in [2.75, 3.05) is 5.32 Å². The molecule has 6 nitrogen and oxygen atoms in total. The van der Waals surface area contributed by atoms with Crippen LogP contribution in [-0.4, -0.2) is 19.9 Å². The first kappa shape index (κ1) is 15.7. The number of fused-ring (bicyclic) bond motifs is 2. The first-order chi connectivity index (χ1) is 12.0. The average Bonchev–Trinajstić information content (AvgIpc) is 2.57. The van der Waals surface area contributed by atoms with Crippen LogP contribution in [0.25, 0.3) is 10.9 Å². The van der Waals surface area contributed by atoms with Gasteiger partial charge < -0.3 is 0 Å². The average molecular weight is 335 g/mol. The second-order valence-electron chi connectivity index (χ2n) is 6.76. The van der Waals surface area contributed by atoms with E-state index in [1.165, 1.54) is 11.1 Å². The molecule has 6 heteroatoms. The minimum absolute atomic E-state index is 0.0591. The van der Waals surface area contributed by atoms with Crippen LogP contribution in [-0.2, 0) is 12.8 Å². The van der Waals surface area contributed by atoms with E-state index in [2.05, 4.69) is 51.2 Å². The number of aromatic nitrogens is 4. The molecule has 0 saturated carbocycles. The molecule has 2 aromatic heterocycles. The molecule has 4 rings (SSSR count). The lowest BCUT2D eigenvalue weighted by Gasteiger charge is -2.15. The van der Waals surface area contributed by atoms with Gasteiger partial charge in [0.25, 0.3) is 5.56 Å². The molecule has 0 fully saturated rings. The summed E-state index contributed by atoms with van der Waals surface area (Å²) in [6, 6.07) is 4.18. The summed E-state index contributed by atoms with van der Waals surface area (Å²) >= 11 is 0. The summed E-state index contributed by atoms with van der Waals surface area (Å²) in [6.07, 6.45) is 3.79. The number of nitrogens with zero attached hydrogens (tertiary/aromatic N) is 3. The fourth-order valence-electron chi connectivity index (χ4n) is 3.37. The second-order valence-corrected chi connectivity index (χ2v) is 6.76. The van der Waals surface area contributed by atoms with Crippen molar-refractivity contribution >= 4 is 22.8 Å². The van der Waals surface area contributed by atoms with Crippen molar-refractivity contribution < 1.29 is 0 Å². The highest BCUT2D eigenvalue weighted by molar-refractivity contribution is 5.83. The van der Waals surface area contributed by atoms with E-state index in [1.807, 2.05) is 6.92 Å². The molecule has 1 aliphatic carbocycles. The lowest BCUT2D eigenvalue weighted by molar-refractivity contribution is 0.657. The Hall–Kier alpha value is -2.76. The minimum Gasteiger partial charge on any atom is -0.294 e. The molecule has 3 aromatic rings. The maximum absolute atomic E-state index is 12.3. The van der Waals surface area contributed by atoms with Crippen molar-refractivity contribution in [2.45, 2.75) is 46.5 Å². The number of benzene rings is 1. The molecule has 0 spiro atoms. The summed E-state index contributed by atoms with van der Waals surface area (Å²) in [5, 5.41) is 4.12. The molecule has 0 bridgehead atoms. The Morgan fingerprint density at radius 2 is 1.76 bits per heavy atom. The Morgan fingerprint density at radius 3 is 2.60 bits per heavy atom. The van der Waals surface area contributed by atoms with E-state index in [1.54, 1.807) is 0 Å². The summed E-state index contributed by atoms with van der Waals surface area (Å²) in [4.78, 5) is 28.8. The van der Waals surface area contributed by atoms with Crippen LogP contribution in [0.2, 0.25) is 0 Å². The molecular weight excluding hydrogens is 314 g/mol. The molecule has 128 valence electrons. The maximum Gasteiger partial charge on any atom is 0.255 e. The van der Waals surface area contributed by atoms with Crippen molar-refractivity contribution in [3.8, 4) is 0 Å². The zero-order valence-corrected chi connectivity index (χ0v) is 14.7. The van der Waals surface area contributed by atoms with Crippen molar-refractivity contribution in [3.63, 3.8) is 0 Å². The Bertz CT molecular complexity index is 1040. The molecule has 1 aromatic carbocycles. The molecule has 0 unspecified atom stereocenters. The van der Waals surface area contributed by atoms with E-state index in [0.717, 1.165) is 53.5 Å². The molecular formula is C19H21N5O. The zero-order valence-electron chi connectivity index (χ0n) is 14.7. The van der Waals surface area contributed by atoms with Gasteiger partial charge in [-0.1, -0.05) is 0 Å². The van der Waals surface area contributed by atoms with Crippen LogP contribution in [0.3, 0.4) is 0 Å². The molecule has 0 amide bonds. The van der Waals surface area contributed by atoms with E-state index < -0.39 is 0 Å². The van der Waals surface area contributed by atoms with Crippen LogP contribution in [0.5, 0.6) is 0 Å². The molecule has 2 N–H and O–H groups in total. The highest BCUT2D eigenvalue weighted by Crippen LogP contribution is 2.23. The van der Waals surface area contributed by atoms with Gasteiger partial charge in [0.05, 0.1) is 16.9 Å². The normalized spacial score (nSPS) is 13.7. The molecule has 1 aliphatic rings. The van der Waals surface area contributed by atoms with Gasteiger partial charge in [-0.25, -0.2) is 15.0 Å². The van der Waals surface area contributed by atoms with E-state index >= 15 is 0 Å². The van der Waals surface area contributed by atoms with Crippen molar-refractivity contribution in [1.29, 1.82) is 0 Å². The fourth-order valence-corrected chi connectivity index (χ4v) is 3.37. The van der Waals surface area contributed by atoms with Gasteiger partial charge in [0.15, 0.2) is 0 Å². The van der Waals surface area contributed by atoms with Crippen molar-refractivity contribution in [1.82, 2.24) is 19.9 Å². The monoisotopic (exact) mass is 335 g/mol. The van der Waals surface area contributed by atoms with Gasteiger partial charge in [-0.3, -0.25) is 15.1 Å². The third-order valence-electron chi connectivity index (χ3n) is 4.92. The maximum atomic E-state index is 12.3. The number of hydrogen-bond acceptors (Lipinski definition) is 5. The lowest BCUT2D eigenvalue weighted by atomic mass is 9.97. The number of rotatable bonds is 2. The van der Waals surface area contributed by atoms with E-state index in [0.29, 0.717) is 11.9 Å². The van der Waals surface area contributed by atoms with Crippen LogP contribution < -0.4 is 10.9 Å². The third kappa shape index (κ3) is 2.88. The Balaban J connectivity index is 1.75. The summed E-state index contributed by atoms with van der Waals surface area (Å²) in [5.41, 5.74) is 5.85. The molecule has 25 heavy (non-hydrogen) atoms. The van der Waals surface area contributed by atoms with Gasteiger partial charge >= 0.3 is 0 Å². The molecule has 0 aliphatic heterocycles. The van der Waals surface area contributed by atoms with Gasteiger partial charge in [0.1, 0.15) is 0 Å². The van der Waals surface area contributed by atoms with Gasteiger partial charge in [0.2, 0.25) is 11.9 Å². The number of H-pyrrole nitrogens is 1. The van der Waals surface area contributed by atoms with Gasteiger partial charge in [-0.05, 0) is 69.7 Å². The molecule has 0 saturated heterocycles.